The van der Waals surface area contributed by atoms with Crippen molar-refractivity contribution in [3.05, 3.63) is 29.1 Å². The third kappa shape index (κ3) is 3.94. The van der Waals surface area contributed by atoms with E-state index in [0.717, 1.165) is 17.9 Å². The van der Waals surface area contributed by atoms with Gasteiger partial charge in [0.25, 0.3) is 0 Å². The number of carboxylic acid groups (broad SMARTS) is 1. The van der Waals surface area contributed by atoms with E-state index in [-0.39, 0.29) is 21.8 Å². The van der Waals surface area contributed by atoms with Crippen LogP contribution in [0.5, 0.6) is 0 Å². The molecule has 0 amide bonds. The summed E-state index contributed by atoms with van der Waals surface area (Å²) in [6.45, 7) is 3.24. The van der Waals surface area contributed by atoms with E-state index in [1.807, 2.05) is 6.92 Å². The Morgan fingerprint density at radius 2 is 2.05 bits per heavy atom. The molecule has 0 heterocycles. The molecule has 0 aliphatic rings. The average Bonchev–Trinajstić information content (AvgIpc) is 2.32. The number of halogens is 1. The summed E-state index contributed by atoms with van der Waals surface area (Å²) in [5.74, 6) is -1.11. The average molecular weight is 306 g/mol. The maximum absolute atomic E-state index is 13.6. The molecule has 0 aliphatic carbocycles. The SMILES string of the molecule is CCSCCS(=O)(=O)c1cc(C(=O)O)cc(F)c1C. The lowest BCUT2D eigenvalue weighted by molar-refractivity contribution is 0.0696. The van der Waals surface area contributed by atoms with E-state index in [9.17, 15) is 17.6 Å². The van der Waals surface area contributed by atoms with Crippen molar-refractivity contribution in [3.8, 4) is 0 Å². The predicted molar refractivity (Wildman–Crippen MR) is 73.1 cm³/mol. The molecule has 1 N–H and O–H groups in total. The Balaban J connectivity index is 3.21. The van der Waals surface area contributed by atoms with Crippen LogP contribution in [0.3, 0.4) is 0 Å². The van der Waals surface area contributed by atoms with E-state index in [2.05, 4.69) is 0 Å². The number of aromatic carboxylic acids is 1. The molecule has 0 saturated carbocycles. The summed E-state index contributed by atoms with van der Waals surface area (Å²) in [5, 5.41) is 8.84. The number of benzene rings is 1. The molecular formula is C12H15FO4S2. The van der Waals surface area contributed by atoms with Gasteiger partial charge in [0.15, 0.2) is 9.84 Å². The summed E-state index contributed by atoms with van der Waals surface area (Å²) in [7, 11) is -3.67. The third-order valence-electron chi connectivity index (χ3n) is 2.58. The molecule has 7 heteroatoms. The number of thioether (sulfide) groups is 1. The number of hydrogen-bond donors (Lipinski definition) is 1. The number of rotatable bonds is 6. The Bertz CT molecular complexity index is 582. The van der Waals surface area contributed by atoms with Crippen molar-refractivity contribution in [2.24, 2.45) is 0 Å². The maximum atomic E-state index is 13.6. The molecule has 0 spiro atoms. The van der Waals surface area contributed by atoms with Gasteiger partial charge in [-0.25, -0.2) is 17.6 Å². The second kappa shape index (κ2) is 6.38. The molecule has 1 rings (SSSR count). The molecule has 1 aromatic rings. The van der Waals surface area contributed by atoms with Gasteiger partial charge in [-0.15, -0.1) is 0 Å². The second-order valence-electron chi connectivity index (χ2n) is 3.90. The van der Waals surface area contributed by atoms with Crippen LogP contribution < -0.4 is 0 Å². The fraction of sp³-hybridized carbons (Fsp3) is 0.417. The zero-order valence-corrected chi connectivity index (χ0v) is 12.3. The normalized spacial score (nSPS) is 11.5. The Hall–Kier alpha value is -1.08. The van der Waals surface area contributed by atoms with Crippen LogP contribution in [-0.2, 0) is 9.84 Å². The zero-order valence-electron chi connectivity index (χ0n) is 10.6. The standard InChI is InChI=1S/C12H15FO4S2/c1-3-18-4-5-19(16,17)11-7-9(12(14)15)6-10(13)8(11)2/h6-7H,3-5H2,1-2H3,(H,14,15). The highest BCUT2D eigenvalue weighted by Crippen LogP contribution is 2.22. The Morgan fingerprint density at radius 1 is 1.42 bits per heavy atom. The highest BCUT2D eigenvalue weighted by Gasteiger charge is 2.21. The predicted octanol–water partition coefficient (Wildman–Crippen LogP) is 2.36. The van der Waals surface area contributed by atoms with Crippen LogP contribution in [0.4, 0.5) is 4.39 Å². The van der Waals surface area contributed by atoms with Crippen LogP contribution in [0.2, 0.25) is 0 Å². The van der Waals surface area contributed by atoms with Crippen LogP contribution in [0.25, 0.3) is 0 Å². The van der Waals surface area contributed by atoms with Crippen molar-refractivity contribution >= 4 is 27.6 Å². The van der Waals surface area contributed by atoms with Crippen molar-refractivity contribution in [1.29, 1.82) is 0 Å². The minimum atomic E-state index is -3.67. The van der Waals surface area contributed by atoms with Gasteiger partial charge in [-0.2, -0.15) is 11.8 Å². The monoisotopic (exact) mass is 306 g/mol. The molecule has 0 aliphatic heterocycles. The van der Waals surface area contributed by atoms with E-state index < -0.39 is 21.6 Å². The van der Waals surface area contributed by atoms with Crippen LogP contribution in [0.15, 0.2) is 17.0 Å². The van der Waals surface area contributed by atoms with Gasteiger partial charge < -0.3 is 5.11 Å². The minimum absolute atomic E-state index is 0.0356. The summed E-state index contributed by atoms with van der Waals surface area (Å²) in [6.07, 6.45) is 0. The summed E-state index contributed by atoms with van der Waals surface area (Å²) in [5.41, 5.74) is -0.392. The number of carbonyl (C=O) groups is 1. The first-order chi connectivity index (χ1) is 8.79. The first kappa shape index (κ1) is 16.0. The number of hydrogen-bond acceptors (Lipinski definition) is 4. The van der Waals surface area contributed by atoms with Gasteiger partial charge in [0.2, 0.25) is 0 Å². The van der Waals surface area contributed by atoms with E-state index in [0.29, 0.717) is 5.75 Å². The van der Waals surface area contributed by atoms with Crippen LogP contribution >= 0.6 is 11.8 Å². The van der Waals surface area contributed by atoms with Crippen LogP contribution in [0, 0.1) is 12.7 Å². The third-order valence-corrected chi connectivity index (χ3v) is 5.57. The lowest BCUT2D eigenvalue weighted by Gasteiger charge is -2.09. The van der Waals surface area contributed by atoms with Crippen molar-refractivity contribution in [2.45, 2.75) is 18.7 Å². The highest BCUT2D eigenvalue weighted by atomic mass is 32.2. The van der Waals surface area contributed by atoms with Gasteiger partial charge in [-0.05, 0) is 24.8 Å². The molecule has 0 radical (unpaired) electrons. The van der Waals surface area contributed by atoms with Crippen molar-refractivity contribution in [3.63, 3.8) is 0 Å². The molecule has 0 fully saturated rings. The van der Waals surface area contributed by atoms with Crippen molar-refractivity contribution < 1.29 is 22.7 Å². The topological polar surface area (TPSA) is 71.4 Å². The van der Waals surface area contributed by atoms with Crippen LogP contribution in [0.1, 0.15) is 22.8 Å². The summed E-state index contributed by atoms with van der Waals surface area (Å²) >= 11 is 1.46. The fourth-order valence-electron chi connectivity index (χ4n) is 1.52. The molecule has 19 heavy (non-hydrogen) atoms. The van der Waals surface area contributed by atoms with Gasteiger partial charge in [0, 0.05) is 11.3 Å². The molecule has 0 aromatic heterocycles. The van der Waals surface area contributed by atoms with Crippen LogP contribution in [-0.4, -0.2) is 36.8 Å². The first-order valence-corrected chi connectivity index (χ1v) is 8.44. The van der Waals surface area contributed by atoms with E-state index in [1.165, 1.54) is 18.7 Å². The first-order valence-electron chi connectivity index (χ1n) is 5.63. The van der Waals surface area contributed by atoms with E-state index in [4.69, 9.17) is 5.11 Å². The Labute approximate surface area is 115 Å². The quantitative estimate of drug-likeness (QED) is 0.817. The number of sulfone groups is 1. The maximum Gasteiger partial charge on any atom is 0.335 e. The van der Waals surface area contributed by atoms with Gasteiger partial charge in [0.05, 0.1) is 16.2 Å². The molecule has 0 unspecified atom stereocenters. The highest BCUT2D eigenvalue weighted by molar-refractivity contribution is 8.00. The molecule has 0 atom stereocenters. The van der Waals surface area contributed by atoms with Crippen molar-refractivity contribution in [2.75, 3.05) is 17.3 Å². The molecule has 106 valence electrons. The van der Waals surface area contributed by atoms with Gasteiger partial charge in [-0.1, -0.05) is 6.92 Å². The molecular weight excluding hydrogens is 291 g/mol. The Kier molecular flexibility index (Phi) is 5.37. The minimum Gasteiger partial charge on any atom is -0.478 e. The van der Waals surface area contributed by atoms with Gasteiger partial charge >= 0.3 is 5.97 Å². The largest absolute Gasteiger partial charge is 0.478 e. The van der Waals surface area contributed by atoms with Crippen molar-refractivity contribution in [1.82, 2.24) is 0 Å². The van der Waals surface area contributed by atoms with Gasteiger partial charge in [0.1, 0.15) is 5.82 Å². The summed E-state index contributed by atoms with van der Waals surface area (Å²) < 4.78 is 37.7. The fourth-order valence-corrected chi connectivity index (χ4v) is 4.25. The molecule has 0 bridgehead atoms. The Morgan fingerprint density at radius 3 is 2.58 bits per heavy atom. The summed E-state index contributed by atoms with van der Waals surface area (Å²) in [6, 6.07) is 1.85. The smallest absolute Gasteiger partial charge is 0.335 e. The lowest BCUT2D eigenvalue weighted by atomic mass is 10.1. The molecule has 0 saturated heterocycles. The zero-order chi connectivity index (χ0) is 14.6. The van der Waals surface area contributed by atoms with E-state index >= 15 is 0 Å². The lowest BCUT2D eigenvalue weighted by Crippen LogP contribution is -2.13. The van der Waals surface area contributed by atoms with Gasteiger partial charge in [-0.3, -0.25) is 0 Å². The molecule has 4 nitrogen and oxygen atoms in total. The summed E-state index contributed by atoms with van der Waals surface area (Å²) in [4.78, 5) is 10.6. The van der Waals surface area contributed by atoms with E-state index in [1.54, 1.807) is 0 Å². The molecule has 1 aromatic carbocycles. The second-order valence-corrected chi connectivity index (χ2v) is 7.37. The number of carboxylic acids is 1.